The van der Waals surface area contributed by atoms with Gasteiger partial charge in [0.05, 0.1) is 26.1 Å². The Hall–Kier alpha value is -3.09. The summed E-state index contributed by atoms with van der Waals surface area (Å²) in [4.78, 5) is 25.7. The Morgan fingerprint density at radius 3 is 2.25 bits per heavy atom. The number of carbonyl (C=O) groups excluding carboxylic acids is 2. The van der Waals surface area contributed by atoms with Crippen LogP contribution < -0.4 is 14.8 Å². The molecule has 150 valence electrons. The molecule has 6 nitrogen and oxygen atoms in total. The van der Waals surface area contributed by atoms with Gasteiger partial charge < -0.3 is 19.7 Å². The predicted molar refractivity (Wildman–Crippen MR) is 104 cm³/mol. The number of likely N-dealkylation sites (N-methyl/N-ethyl adjacent to an activating group) is 1. The van der Waals surface area contributed by atoms with Crippen molar-refractivity contribution >= 4 is 11.8 Å². The summed E-state index contributed by atoms with van der Waals surface area (Å²) in [6, 6.07) is 12.5. The monoisotopic (exact) mass is 388 g/mol. The van der Waals surface area contributed by atoms with E-state index in [9.17, 15) is 14.0 Å². The summed E-state index contributed by atoms with van der Waals surface area (Å²) in [6.07, 6.45) is 0.124. The minimum absolute atomic E-state index is 0.124. The topological polar surface area (TPSA) is 67.9 Å². The van der Waals surface area contributed by atoms with E-state index in [1.54, 1.807) is 31.2 Å². The van der Waals surface area contributed by atoms with Crippen molar-refractivity contribution in [3.63, 3.8) is 0 Å². The number of nitrogens with one attached hydrogen (secondary N) is 1. The third-order valence-corrected chi connectivity index (χ3v) is 4.21. The molecule has 7 heteroatoms. The van der Waals surface area contributed by atoms with Crippen LogP contribution in [0.4, 0.5) is 4.39 Å². The van der Waals surface area contributed by atoms with Gasteiger partial charge in [-0.1, -0.05) is 12.1 Å². The molecule has 2 amide bonds. The molecule has 2 rings (SSSR count). The number of halogens is 1. The Labute approximate surface area is 164 Å². The van der Waals surface area contributed by atoms with Crippen molar-refractivity contribution in [2.45, 2.75) is 19.4 Å². The second kappa shape index (κ2) is 10.3. The number of hydrogen-bond acceptors (Lipinski definition) is 4. The van der Waals surface area contributed by atoms with Gasteiger partial charge in [-0.05, 0) is 42.0 Å². The number of ether oxygens (including phenoxy) is 2. The minimum Gasteiger partial charge on any atom is -0.497 e. The van der Waals surface area contributed by atoms with Crippen LogP contribution in [0.2, 0.25) is 0 Å². The third kappa shape index (κ3) is 6.57. The summed E-state index contributed by atoms with van der Waals surface area (Å²) >= 11 is 0. The van der Waals surface area contributed by atoms with E-state index in [4.69, 9.17) is 9.47 Å². The second-order valence-corrected chi connectivity index (χ2v) is 6.35. The smallest absolute Gasteiger partial charge is 0.224 e. The second-order valence-electron chi connectivity index (χ2n) is 6.35. The Morgan fingerprint density at radius 1 is 1.07 bits per heavy atom. The zero-order chi connectivity index (χ0) is 20.5. The number of rotatable bonds is 9. The molecule has 0 aliphatic carbocycles. The van der Waals surface area contributed by atoms with Crippen molar-refractivity contribution in [3.8, 4) is 11.5 Å². The van der Waals surface area contributed by atoms with Gasteiger partial charge in [-0.25, -0.2) is 4.39 Å². The standard InChI is InChI=1S/C21H25FN2O4/c1-15(25)23-20(16-4-8-18(27-3)9-5-16)14-21(26)24(2)12-13-28-19-10-6-17(22)7-11-19/h4-11,20H,12-14H2,1-3H3,(H,23,25). The number of nitrogens with zero attached hydrogens (tertiary/aromatic N) is 1. The fourth-order valence-electron chi connectivity index (χ4n) is 2.62. The van der Waals surface area contributed by atoms with Crippen molar-refractivity contribution < 1.29 is 23.5 Å². The Balaban J connectivity index is 1.91. The van der Waals surface area contributed by atoms with Gasteiger partial charge in [0.25, 0.3) is 0 Å². The number of amides is 2. The molecule has 1 unspecified atom stereocenters. The minimum atomic E-state index is -0.434. The van der Waals surface area contributed by atoms with Crippen LogP contribution in [0.5, 0.6) is 11.5 Å². The van der Waals surface area contributed by atoms with E-state index < -0.39 is 6.04 Å². The van der Waals surface area contributed by atoms with E-state index in [2.05, 4.69) is 5.32 Å². The third-order valence-electron chi connectivity index (χ3n) is 4.21. The largest absolute Gasteiger partial charge is 0.497 e. The molecule has 0 bridgehead atoms. The van der Waals surface area contributed by atoms with Crippen LogP contribution in [-0.2, 0) is 9.59 Å². The molecule has 0 aliphatic rings. The molecule has 0 radical (unpaired) electrons. The van der Waals surface area contributed by atoms with Crippen molar-refractivity contribution in [1.29, 1.82) is 0 Å². The molecule has 2 aromatic rings. The number of carbonyl (C=O) groups is 2. The lowest BCUT2D eigenvalue weighted by Crippen LogP contribution is -2.35. The summed E-state index contributed by atoms with van der Waals surface area (Å²) < 4.78 is 23.5. The fraction of sp³-hybridized carbons (Fsp3) is 0.333. The van der Waals surface area contributed by atoms with Gasteiger partial charge in [-0.3, -0.25) is 9.59 Å². The summed E-state index contributed by atoms with van der Waals surface area (Å²) in [6.45, 7) is 2.06. The normalized spacial score (nSPS) is 11.4. The van der Waals surface area contributed by atoms with Gasteiger partial charge in [-0.2, -0.15) is 0 Å². The van der Waals surface area contributed by atoms with E-state index in [1.807, 2.05) is 12.1 Å². The molecule has 0 aromatic heterocycles. The maximum Gasteiger partial charge on any atom is 0.224 e. The summed E-state index contributed by atoms with van der Waals surface area (Å²) in [5.74, 6) is 0.568. The van der Waals surface area contributed by atoms with Crippen molar-refractivity contribution in [2.24, 2.45) is 0 Å². The van der Waals surface area contributed by atoms with E-state index in [1.165, 1.54) is 31.2 Å². The van der Waals surface area contributed by atoms with Crippen molar-refractivity contribution in [1.82, 2.24) is 10.2 Å². The molecule has 0 saturated heterocycles. The van der Waals surface area contributed by atoms with Gasteiger partial charge in [0.15, 0.2) is 0 Å². The molecular weight excluding hydrogens is 363 g/mol. The highest BCUT2D eigenvalue weighted by atomic mass is 19.1. The summed E-state index contributed by atoms with van der Waals surface area (Å²) in [5.41, 5.74) is 0.820. The average Bonchev–Trinajstić information content (AvgIpc) is 2.68. The zero-order valence-corrected chi connectivity index (χ0v) is 16.3. The lowest BCUT2D eigenvalue weighted by Gasteiger charge is -2.23. The molecule has 0 heterocycles. The first-order valence-corrected chi connectivity index (χ1v) is 8.92. The number of benzene rings is 2. The molecule has 2 aromatic carbocycles. The molecule has 0 saturated carbocycles. The number of methoxy groups -OCH3 is 1. The van der Waals surface area contributed by atoms with Crippen LogP contribution in [0, 0.1) is 5.82 Å². The molecule has 0 aliphatic heterocycles. The van der Waals surface area contributed by atoms with Gasteiger partial charge in [0, 0.05) is 14.0 Å². The molecule has 1 N–H and O–H groups in total. The molecule has 0 fully saturated rings. The highest BCUT2D eigenvalue weighted by Crippen LogP contribution is 2.21. The summed E-state index contributed by atoms with van der Waals surface area (Å²) in [7, 11) is 3.25. The van der Waals surface area contributed by atoms with Crippen LogP contribution in [0.15, 0.2) is 48.5 Å². The molecular formula is C21H25FN2O4. The Kier molecular flexibility index (Phi) is 7.80. The molecule has 0 spiro atoms. The highest BCUT2D eigenvalue weighted by Gasteiger charge is 2.19. The maximum atomic E-state index is 12.9. The summed E-state index contributed by atoms with van der Waals surface area (Å²) in [5, 5.41) is 2.81. The SMILES string of the molecule is COc1ccc(C(CC(=O)N(C)CCOc2ccc(F)cc2)NC(C)=O)cc1. The van der Waals surface area contributed by atoms with Gasteiger partial charge in [0.1, 0.15) is 23.9 Å². The molecule has 28 heavy (non-hydrogen) atoms. The van der Waals surface area contributed by atoms with E-state index >= 15 is 0 Å². The van der Waals surface area contributed by atoms with Gasteiger partial charge in [-0.15, -0.1) is 0 Å². The number of hydrogen-bond donors (Lipinski definition) is 1. The quantitative estimate of drug-likeness (QED) is 0.717. The van der Waals surface area contributed by atoms with E-state index in [0.717, 1.165) is 5.56 Å². The van der Waals surface area contributed by atoms with Crippen molar-refractivity contribution in [3.05, 3.63) is 59.9 Å². The van der Waals surface area contributed by atoms with Crippen LogP contribution in [0.1, 0.15) is 24.9 Å². The van der Waals surface area contributed by atoms with E-state index in [-0.39, 0.29) is 30.7 Å². The van der Waals surface area contributed by atoms with Gasteiger partial charge >= 0.3 is 0 Å². The highest BCUT2D eigenvalue weighted by molar-refractivity contribution is 5.79. The van der Waals surface area contributed by atoms with Crippen LogP contribution in [0.25, 0.3) is 0 Å². The maximum absolute atomic E-state index is 12.9. The Morgan fingerprint density at radius 2 is 1.68 bits per heavy atom. The Bertz CT molecular complexity index is 778. The first-order chi connectivity index (χ1) is 13.4. The fourth-order valence-corrected chi connectivity index (χ4v) is 2.62. The van der Waals surface area contributed by atoms with Crippen LogP contribution in [-0.4, -0.2) is 44.0 Å². The first kappa shape index (κ1) is 21.2. The first-order valence-electron chi connectivity index (χ1n) is 8.92. The zero-order valence-electron chi connectivity index (χ0n) is 16.3. The predicted octanol–water partition coefficient (Wildman–Crippen LogP) is 2.94. The van der Waals surface area contributed by atoms with Gasteiger partial charge in [0.2, 0.25) is 11.8 Å². The average molecular weight is 388 g/mol. The van der Waals surface area contributed by atoms with E-state index in [0.29, 0.717) is 18.0 Å². The lowest BCUT2D eigenvalue weighted by molar-refractivity contribution is -0.131. The molecule has 1 atom stereocenters. The lowest BCUT2D eigenvalue weighted by atomic mass is 10.0. The van der Waals surface area contributed by atoms with Crippen LogP contribution >= 0.6 is 0 Å². The van der Waals surface area contributed by atoms with Crippen LogP contribution in [0.3, 0.4) is 0 Å². The van der Waals surface area contributed by atoms with Crippen molar-refractivity contribution in [2.75, 3.05) is 27.3 Å².